The van der Waals surface area contributed by atoms with E-state index in [1.807, 2.05) is 52.8 Å². The van der Waals surface area contributed by atoms with Crippen molar-refractivity contribution in [3.8, 4) is 0 Å². The molecule has 2 aromatic rings. The van der Waals surface area contributed by atoms with Crippen molar-refractivity contribution in [1.82, 2.24) is 10.3 Å². The van der Waals surface area contributed by atoms with Gasteiger partial charge in [0.1, 0.15) is 5.69 Å². The average molecular weight is 325 g/mol. The van der Waals surface area contributed by atoms with E-state index >= 15 is 0 Å². The maximum absolute atomic E-state index is 12.5. The molecule has 0 aliphatic heterocycles. The third-order valence-electron chi connectivity index (χ3n) is 3.46. The summed E-state index contributed by atoms with van der Waals surface area (Å²) in [4.78, 5) is 28.8. The van der Waals surface area contributed by atoms with Crippen LogP contribution in [0.2, 0.25) is 0 Å². The standard InChI is InChI=1S/C19H23N3O2/c1-12-7-6-8-13(2)16(12)21-17(23)14-9-10-20-15(11-14)18(24)22-19(3,4)5/h6-11H,1-5H3,(H,21,23)(H,22,24). The van der Waals surface area contributed by atoms with Crippen LogP contribution in [0.25, 0.3) is 0 Å². The first-order valence-corrected chi connectivity index (χ1v) is 7.83. The number of carbonyl (C=O) groups is 2. The minimum absolute atomic E-state index is 0.221. The Kier molecular flexibility index (Phi) is 5.02. The molecule has 5 heteroatoms. The van der Waals surface area contributed by atoms with E-state index in [2.05, 4.69) is 15.6 Å². The molecule has 2 N–H and O–H groups in total. The van der Waals surface area contributed by atoms with Gasteiger partial charge in [0.05, 0.1) is 0 Å². The molecule has 2 amide bonds. The van der Waals surface area contributed by atoms with E-state index in [-0.39, 0.29) is 23.0 Å². The predicted molar refractivity (Wildman–Crippen MR) is 95.3 cm³/mol. The van der Waals surface area contributed by atoms with Gasteiger partial charge in [-0.1, -0.05) is 18.2 Å². The normalized spacial score (nSPS) is 11.0. The number of anilines is 1. The van der Waals surface area contributed by atoms with E-state index < -0.39 is 0 Å². The van der Waals surface area contributed by atoms with Crippen LogP contribution < -0.4 is 10.6 Å². The molecule has 1 aromatic carbocycles. The number of nitrogens with zero attached hydrogens (tertiary/aromatic N) is 1. The van der Waals surface area contributed by atoms with Crippen LogP contribution in [0.1, 0.15) is 52.7 Å². The summed E-state index contributed by atoms with van der Waals surface area (Å²) in [6.07, 6.45) is 1.47. The Bertz CT molecular complexity index is 756. The number of nitrogens with one attached hydrogen (secondary N) is 2. The Morgan fingerprint density at radius 3 is 2.21 bits per heavy atom. The van der Waals surface area contributed by atoms with Gasteiger partial charge < -0.3 is 10.6 Å². The molecule has 0 aliphatic carbocycles. The third-order valence-corrected chi connectivity index (χ3v) is 3.46. The summed E-state index contributed by atoms with van der Waals surface area (Å²) in [5.74, 6) is -0.566. The van der Waals surface area contributed by atoms with Gasteiger partial charge in [0, 0.05) is 23.0 Å². The van der Waals surface area contributed by atoms with Crippen LogP contribution in [-0.2, 0) is 0 Å². The number of benzene rings is 1. The minimum atomic E-state index is -0.366. The van der Waals surface area contributed by atoms with Crippen molar-refractivity contribution in [3.05, 3.63) is 58.9 Å². The quantitative estimate of drug-likeness (QED) is 0.907. The number of hydrogen-bond acceptors (Lipinski definition) is 3. The summed E-state index contributed by atoms with van der Waals surface area (Å²) in [5, 5.41) is 5.75. The zero-order chi connectivity index (χ0) is 17.9. The maximum atomic E-state index is 12.5. The number of para-hydroxylation sites is 1. The topological polar surface area (TPSA) is 71.1 Å². The zero-order valence-corrected chi connectivity index (χ0v) is 14.7. The van der Waals surface area contributed by atoms with Crippen molar-refractivity contribution in [2.45, 2.75) is 40.2 Å². The molecule has 0 aliphatic rings. The number of amides is 2. The van der Waals surface area contributed by atoms with Gasteiger partial charge in [0.25, 0.3) is 11.8 Å². The Labute approximate surface area is 142 Å². The molecule has 0 saturated carbocycles. The summed E-state index contributed by atoms with van der Waals surface area (Å²) >= 11 is 0. The van der Waals surface area contributed by atoms with Crippen molar-refractivity contribution >= 4 is 17.5 Å². The molecule has 1 heterocycles. The molecule has 0 atom stereocenters. The molecule has 0 radical (unpaired) electrons. The van der Waals surface area contributed by atoms with Crippen LogP contribution in [0.15, 0.2) is 36.5 Å². The Morgan fingerprint density at radius 1 is 1.00 bits per heavy atom. The first-order chi connectivity index (χ1) is 11.2. The number of pyridine rings is 1. The van der Waals surface area contributed by atoms with Gasteiger partial charge in [0.2, 0.25) is 0 Å². The van der Waals surface area contributed by atoms with Crippen molar-refractivity contribution < 1.29 is 9.59 Å². The smallest absolute Gasteiger partial charge is 0.270 e. The Balaban J connectivity index is 2.22. The van der Waals surface area contributed by atoms with Crippen LogP contribution in [0.4, 0.5) is 5.69 Å². The molecule has 5 nitrogen and oxygen atoms in total. The lowest BCUT2D eigenvalue weighted by atomic mass is 10.1. The lowest BCUT2D eigenvalue weighted by Crippen LogP contribution is -2.41. The second-order valence-electron chi connectivity index (χ2n) is 6.85. The fraction of sp³-hybridized carbons (Fsp3) is 0.316. The molecule has 0 unspecified atom stereocenters. The molecule has 2 rings (SSSR count). The van der Waals surface area contributed by atoms with Crippen LogP contribution in [0, 0.1) is 13.8 Å². The maximum Gasteiger partial charge on any atom is 0.270 e. The van der Waals surface area contributed by atoms with E-state index in [1.165, 1.54) is 12.3 Å². The second kappa shape index (κ2) is 6.83. The summed E-state index contributed by atoms with van der Waals surface area (Å²) in [6, 6.07) is 8.93. The number of carbonyl (C=O) groups excluding carboxylic acids is 2. The number of rotatable bonds is 3. The number of aromatic nitrogens is 1. The Morgan fingerprint density at radius 2 is 1.62 bits per heavy atom. The number of aryl methyl sites for hydroxylation is 2. The highest BCUT2D eigenvalue weighted by Crippen LogP contribution is 2.20. The van der Waals surface area contributed by atoms with Crippen molar-refractivity contribution in [3.63, 3.8) is 0 Å². The predicted octanol–water partition coefficient (Wildman–Crippen LogP) is 3.48. The lowest BCUT2D eigenvalue weighted by molar-refractivity contribution is 0.0914. The van der Waals surface area contributed by atoms with E-state index in [4.69, 9.17) is 0 Å². The fourth-order valence-corrected chi connectivity index (χ4v) is 2.30. The van der Waals surface area contributed by atoms with Crippen LogP contribution in [-0.4, -0.2) is 22.3 Å². The minimum Gasteiger partial charge on any atom is -0.346 e. The fourth-order valence-electron chi connectivity index (χ4n) is 2.30. The summed E-state index contributed by atoms with van der Waals surface area (Å²) in [6.45, 7) is 9.56. The highest BCUT2D eigenvalue weighted by molar-refractivity contribution is 6.06. The van der Waals surface area contributed by atoms with E-state index in [0.717, 1.165) is 16.8 Å². The second-order valence-corrected chi connectivity index (χ2v) is 6.85. The zero-order valence-electron chi connectivity index (χ0n) is 14.7. The van der Waals surface area contributed by atoms with Gasteiger partial charge in [-0.3, -0.25) is 14.6 Å². The van der Waals surface area contributed by atoms with Gasteiger partial charge >= 0.3 is 0 Å². The molecule has 0 spiro atoms. The summed E-state index contributed by atoms with van der Waals surface area (Å²) in [7, 11) is 0. The van der Waals surface area contributed by atoms with Gasteiger partial charge in [-0.2, -0.15) is 0 Å². The highest BCUT2D eigenvalue weighted by atomic mass is 16.2. The molecule has 126 valence electrons. The van der Waals surface area contributed by atoms with Gasteiger partial charge in [-0.05, 0) is 57.9 Å². The first kappa shape index (κ1) is 17.7. The number of hydrogen-bond donors (Lipinski definition) is 2. The Hall–Kier alpha value is -2.69. The molecule has 0 fully saturated rings. The van der Waals surface area contributed by atoms with Crippen LogP contribution >= 0.6 is 0 Å². The lowest BCUT2D eigenvalue weighted by Gasteiger charge is -2.20. The monoisotopic (exact) mass is 325 g/mol. The largest absolute Gasteiger partial charge is 0.346 e. The average Bonchev–Trinajstić information content (AvgIpc) is 2.49. The van der Waals surface area contributed by atoms with Crippen molar-refractivity contribution in [1.29, 1.82) is 0 Å². The molecule has 0 bridgehead atoms. The SMILES string of the molecule is Cc1cccc(C)c1NC(=O)c1ccnc(C(=O)NC(C)(C)C)c1. The summed E-state index contributed by atoms with van der Waals surface area (Å²) < 4.78 is 0. The van der Waals surface area contributed by atoms with Crippen LogP contribution in [0.3, 0.4) is 0 Å². The molecular formula is C19H23N3O2. The first-order valence-electron chi connectivity index (χ1n) is 7.83. The van der Waals surface area contributed by atoms with Crippen molar-refractivity contribution in [2.24, 2.45) is 0 Å². The molecule has 24 heavy (non-hydrogen) atoms. The van der Waals surface area contributed by atoms with Gasteiger partial charge in [-0.25, -0.2) is 0 Å². The molecular weight excluding hydrogens is 302 g/mol. The van der Waals surface area contributed by atoms with Crippen LogP contribution in [0.5, 0.6) is 0 Å². The molecule has 0 saturated heterocycles. The van der Waals surface area contributed by atoms with Gasteiger partial charge in [-0.15, -0.1) is 0 Å². The van der Waals surface area contributed by atoms with E-state index in [9.17, 15) is 9.59 Å². The van der Waals surface area contributed by atoms with Gasteiger partial charge in [0.15, 0.2) is 0 Å². The third kappa shape index (κ3) is 4.41. The summed E-state index contributed by atoms with van der Waals surface area (Å²) in [5.41, 5.74) is 3.02. The van der Waals surface area contributed by atoms with Crippen molar-refractivity contribution in [2.75, 3.05) is 5.32 Å². The van der Waals surface area contributed by atoms with E-state index in [0.29, 0.717) is 5.56 Å². The molecule has 1 aromatic heterocycles. The van der Waals surface area contributed by atoms with E-state index in [1.54, 1.807) is 6.07 Å². The highest BCUT2D eigenvalue weighted by Gasteiger charge is 2.18.